The summed E-state index contributed by atoms with van der Waals surface area (Å²) in [6.07, 6.45) is -67.5. The highest BCUT2D eigenvalue weighted by Gasteiger charge is 2.60. The zero-order valence-corrected chi connectivity index (χ0v) is 53.8. The van der Waals surface area contributed by atoms with Gasteiger partial charge >= 0.3 is 0 Å². The van der Waals surface area contributed by atoms with Crippen LogP contribution in [0, 0.1) is 11.3 Å². The Labute approximate surface area is 557 Å². The Hall–Kier alpha value is -1.93. The number of hydrogen-bond acceptors (Lipinski definition) is 35. The fourth-order valence-electron chi connectivity index (χ4n) is 14.3. The summed E-state index contributed by atoms with van der Waals surface area (Å²) in [5.74, 6) is 0.871. The molecular formula is C59H98ClNO35. The van der Waals surface area contributed by atoms with Gasteiger partial charge in [-0.3, -0.25) is 0 Å². The summed E-state index contributed by atoms with van der Waals surface area (Å²) >= 11 is 0. The SMILES string of the molecule is CC1CC[N+](C)(Cc2ccccc2)CC(C)(C)C1.OC[C@H]1O[C@@H]2O[C@H]3[C@H](O)[C@@H](O)[C@@H](O[C@H]4[C@H](O)[C@@H](O)[C@@H](O[C@H]5[C@H](O)[C@@H](O)[C@@H](O[C@H]6[C@H](O)[C@@H](O)[C@@H](O[C@H]7[C@H](O)[C@@H](O)[C@@H](O[C@H]8[C@H](O)[C@@H](O)[C@@H](O[C@H]1[C@H](O)[C@H]2O)O[C@@H]8CO)O[C@@H]7CO)O[C@@H]6CO)O[C@@H]5CO)O[C@@H]4CO)O[C@@H]3CO.[Cl-]. The van der Waals surface area contributed by atoms with Gasteiger partial charge in [-0.05, 0) is 18.8 Å². The van der Waals surface area contributed by atoms with Crippen molar-refractivity contribution in [2.45, 2.75) is 255 Å². The van der Waals surface area contributed by atoms with Gasteiger partial charge in [0.2, 0.25) is 0 Å². The Morgan fingerprint density at radius 3 is 0.750 bits per heavy atom. The molecule has 21 N–H and O–H groups in total. The fraction of sp³-hybridized carbons (Fsp3) is 0.898. The van der Waals surface area contributed by atoms with Crippen molar-refractivity contribution in [3.63, 3.8) is 0 Å². The molecular weight excluding hydrogens is 1320 g/mol. The first-order valence-corrected chi connectivity index (χ1v) is 31.9. The molecule has 2 unspecified atom stereocenters. The molecule has 0 aliphatic carbocycles. The molecule has 0 amide bonds. The van der Waals surface area contributed by atoms with E-state index in [2.05, 4.69) is 58.2 Å². The topological polar surface area (TPSA) is 554 Å². The largest absolute Gasteiger partial charge is 1.00 e. The molecule has 22 aliphatic heterocycles. The molecule has 22 saturated heterocycles. The number of likely N-dealkylation sites (tertiary alicyclic amines) is 1. The number of aliphatic hydroxyl groups is 21. The van der Waals surface area contributed by atoms with Gasteiger partial charge in [0.15, 0.2) is 44.0 Å². The summed E-state index contributed by atoms with van der Waals surface area (Å²) in [4.78, 5) is 0. The van der Waals surface area contributed by atoms with Crippen molar-refractivity contribution in [2.75, 3.05) is 66.4 Å². The summed E-state index contributed by atoms with van der Waals surface area (Å²) in [7, 11) is 2.44. The van der Waals surface area contributed by atoms with Crippen LogP contribution >= 0.6 is 0 Å². The van der Waals surface area contributed by atoms with Gasteiger partial charge in [-0.15, -0.1) is 0 Å². The van der Waals surface area contributed by atoms with Gasteiger partial charge < -0.3 is 190 Å². The first-order valence-electron chi connectivity index (χ1n) is 31.9. The fourth-order valence-corrected chi connectivity index (χ4v) is 14.3. The van der Waals surface area contributed by atoms with Crippen LogP contribution in [0.3, 0.4) is 0 Å². The van der Waals surface area contributed by atoms with Crippen LogP contribution in [0.15, 0.2) is 30.3 Å². The van der Waals surface area contributed by atoms with E-state index < -0.39 is 261 Å². The smallest absolute Gasteiger partial charge is 0.187 e. The van der Waals surface area contributed by atoms with Crippen molar-refractivity contribution in [3.8, 4) is 0 Å². The molecule has 96 heavy (non-hydrogen) atoms. The molecule has 0 spiro atoms. The van der Waals surface area contributed by atoms with Gasteiger partial charge in [-0.2, -0.15) is 0 Å². The van der Waals surface area contributed by atoms with Gasteiger partial charge in [-0.25, -0.2) is 0 Å². The average Bonchev–Trinajstić information content (AvgIpc) is 0.950. The highest BCUT2D eigenvalue weighted by molar-refractivity contribution is 5.13. The molecule has 22 fully saturated rings. The van der Waals surface area contributed by atoms with Crippen LogP contribution in [0.4, 0.5) is 0 Å². The molecule has 37 heteroatoms. The van der Waals surface area contributed by atoms with Gasteiger partial charge in [-0.1, -0.05) is 51.1 Å². The normalized spacial score (nSPS) is 50.4. The number of ether oxygens (including phenoxy) is 14. The van der Waals surface area contributed by atoms with E-state index in [1.807, 2.05) is 0 Å². The third-order valence-electron chi connectivity index (χ3n) is 19.1. The molecule has 556 valence electrons. The Morgan fingerprint density at radius 1 is 0.344 bits per heavy atom. The number of benzene rings is 1. The number of aliphatic hydroxyl groups excluding tert-OH is 21. The number of rotatable bonds is 9. The summed E-state index contributed by atoms with van der Waals surface area (Å²) in [6.45, 7) is 3.77. The molecule has 14 bridgehead atoms. The molecule has 22 aliphatic rings. The zero-order valence-electron chi connectivity index (χ0n) is 53.1. The van der Waals surface area contributed by atoms with Crippen LogP contribution in [0.1, 0.15) is 39.2 Å². The first kappa shape index (κ1) is 79.8. The minimum atomic E-state index is -2.21. The second kappa shape index (κ2) is 34.1. The molecule has 36 nitrogen and oxygen atoms in total. The van der Waals surface area contributed by atoms with Gasteiger partial charge in [0, 0.05) is 11.0 Å². The highest BCUT2D eigenvalue weighted by Crippen LogP contribution is 2.40. The van der Waals surface area contributed by atoms with Crippen molar-refractivity contribution in [2.24, 2.45) is 11.3 Å². The summed E-state index contributed by atoms with van der Waals surface area (Å²) in [6, 6.07) is 11.0. The van der Waals surface area contributed by atoms with E-state index in [-0.39, 0.29) is 12.4 Å². The summed E-state index contributed by atoms with van der Waals surface area (Å²) < 4.78 is 80.7. The van der Waals surface area contributed by atoms with Crippen molar-refractivity contribution < 1.29 is 190 Å². The van der Waals surface area contributed by atoms with E-state index in [9.17, 15) is 107 Å². The predicted octanol–water partition coefficient (Wildman–Crippen LogP) is -14.1. The van der Waals surface area contributed by atoms with E-state index in [1.165, 1.54) is 42.5 Å². The molecule has 1 aromatic carbocycles. The van der Waals surface area contributed by atoms with Crippen molar-refractivity contribution in [3.05, 3.63) is 35.9 Å². The van der Waals surface area contributed by atoms with Crippen LogP contribution in [0.25, 0.3) is 0 Å². The summed E-state index contributed by atoms with van der Waals surface area (Å²) in [5.41, 5.74) is 1.95. The maximum Gasteiger partial charge on any atom is 0.187 e. The van der Waals surface area contributed by atoms with Crippen LogP contribution in [0.5, 0.6) is 0 Å². The first-order chi connectivity index (χ1) is 45.0. The quantitative estimate of drug-likeness (QED) is 0.102. The standard InChI is InChI=1S/C42H70O35.C17H28N.ClH/c43-1-8-29-15(50)22(57)36(64-8)72-30-9(2-44)66-38(24(59)17(30)52)74-32-11(4-46)68-40(26(61)19(32)54)76-34-13(6-48)70-42(28(63)21(34)56)77-35-14(7-49)69-41(27(62)20(35)55)75-33-12(5-47)67-39(25(60)18(33)53)73-31-10(3-45)65-37(71-29)23(58)16(31)51;1-15-10-11-18(4,14-17(2,3)12-15)13-16-8-6-5-7-9-16;/h8-63H,1-7H2;5-9,15H,10-14H2,1-4H3;1H/q;+1;/p-1/t8-,9-,10-,11-,12-,13-,14-,15-,16-,17-,18-,19-,20-,21-,22-,23-,24-,25-,26-,27-,28-,29-,30-,31-,32-,33-,34-,35-,36-,37-,38-,39-,40-,41-,42-;;/m1../s1. The third-order valence-corrected chi connectivity index (χ3v) is 19.1. The molecule has 23 rings (SSSR count). The molecule has 0 saturated carbocycles. The second-order valence-corrected chi connectivity index (χ2v) is 27.1. The van der Waals surface area contributed by atoms with Crippen molar-refractivity contribution in [1.82, 2.24) is 0 Å². The molecule has 0 aromatic heterocycles. The Bertz CT molecular complexity index is 2130. The van der Waals surface area contributed by atoms with Crippen LogP contribution < -0.4 is 12.4 Å². The lowest BCUT2D eigenvalue weighted by molar-refractivity contribution is -0.927. The van der Waals surface area contributed by atoms with E-state index in [0.717, 1.165) is 5.92 Å². The van der Waals surface area contributed by atoms with E-state index >= 15 is 0 Å². The lowest BCUT2D eigenvalue weighted by atomic mass is 9.83. The monoisotopic (exact) mass is 1420 g/mol. The van der Waals surface area contributed by atoms with E-state index in [4.69, 9.17) is 66.3 Å². The van der Waals surface area contributed by atoms with Crippen molar-refractivity contribution in [1.29, 1.82) is 0 Å². The average molecular weight is 1420 g/mol. The van der Waals surface area contributed by atoms with Crippen molar-refractivity contribution >= 4 is 0 Å². The van der Waals surface area contributed by atoms with Gasteiger partial charge in [0.1, 0.15) is 177 Å². The van der Waals surface area contributed by atoms with Crippen LogP contribution in [-0.2, 0) is 72.9 Å². The summed E-state index contributed by atoms with van der Waals surface area (Å²) in [5, 5.41) is 230. The minimum absolute atomic E-state index is 0. The molecule has 22 heterocycles. The molecule has 37 atom stereocenters. The number of halogens is 1. The van der Waals surface area contributed by atoms with Crippen LogP contribution in [0.2, 0.25) is 0 Å². The molecule has 1 aromatic rings. The van der Waals surface area contributed by atoms with E-state index in [0.29, 0.717) is 5.41 Å². The third kappa shape index (κ3) is 17.3. The Morgan fingerprint density at radius 2 is 0.552 bits per heavy atom. The lowest BCUT2D eigenvalue weighted by Gasteiger charge is -2.50. The lowest BCUT2D eigenvalue weighted by Crippen LogP contribution is -3.00. The predicted molar refractivity (Wildman–Crippen MR) is 307 cm³/mol. The number of quaternary nitrogens is 1. The molecule has 0 radical (unpaired) electrons. The Kier molecular flexibility index (Phi) is 28.3. The maximum absolute atomic E-state index is 11.3. The zero-order chi connectivity index (χ0) is 69.3. The van der Waals surface area contributed by atoms with Gasteiger partial charge in [0.25, 0.3) is 0 Å². The minimum Gasteiger partial charge on any atom is -1.00 e. The van der Waals surface area contributed by atoms with Gasteiger partial charge in [0.05, 0.1) is 66.4 Å². The number of hydrogen-bond donors (Lipinski definition) is 21. The Balaban J connectivity index is 0.000000534. The second-order valence-electron chi connectivity index (χ2n) is 27.1. The van der Waals surface area contributed by atoms with E-state index in [1.54, 1.807) is 0 Å². The van der Waals surface area contributed by atoms with Crippen LogP contribution in [-0.4, -0.2) is 393 Å². The number of nitrogens with zero attached hydrogens (tertiary/aromatic N) is 1. The highest BCUT2D eigenvalue weighted by atomic mass is 35.5. The maximum atomic E-state index is 11.3.